The molecule has 1 unspecified atom stereocenters. The van der Waals surface area contributed by atoms with Crippen molar-refractivity contribution in [2.24, 2.45) is 0 Å². The Morgan fingerprint density at radius 3 is 2.57 bits per heavy atom. The Bertz CT molecular complexity index is 607. The van der Waals surface area contributed by atoms with Crippen LogP contribution in [0.25, 0.3) is 0 Å². The third-order valence-electron chi connectivity index (χ3n) is 3.79. The van der Waals surface area contributed by atoms with E-state index in [0.29, 0.717) is 0 Å². The zero-order valence-corrected chi connectivity index (χ0v) is 14.5. The molecule has 1 aromatic carbocycles. The summed E-state index contributed by atoms with van der Waals surface area (Å²) in [4.78, 5) is 0. The molecule has 0 saturated carbocycles. The number of aliphatic hydroxyl groups is 1. The van der Waals surface area contributed by atoms with Crippen molar-refractivity contribution in [2.45, 2.75) is 52.7 Å². The highest BCUT2D eigenvalue weighted by atomic mass is 79.9. The van der Waals surface area contributed by atoms with Gasteiger partial charge in [-0.05, 0) is 37.0 Å². The van der Waals surface area contributed by atoms with E-state index < -0.39 is 6.10 Å². The van der Waals surface area contributed by atoms with Crippen molar-refractivity contribution in [1.82, 2.24) is 9.78 Å². The zero-order chi connectivity index (χ0) is 15.4. The van der Waals surface area contributed by atoms with Crippen LogP contribution in [0.1, 0.15) is 55.8 Å². The molecule has 0 radical (unpaired) electrons. The van der Waals surface area contributed by atoms with Gasteiger partial charge in [0.25, 0.3) is 0 Å². The van der Waals surface area contributed by atoms with E-state index in [1.807, 2.05) is 19.1 Å². The van der Waals surface area contributed by atoms with Crippen LogP contribution in [-0.2, 0) is 19.4 Å². The van der Waals surface area contributed by atoms with Gasteiger partial charge in [0.15, 0.2) is 0 Å². The van der Waals surface area contributed by atoms with E-state index in [1.165, 1.54) is 5.56 Å². The van der Waals surface area contributed by atoms with E-state index >= 15 is 0 Å². The maximum absolute atomic E-state index is 10.3. The van der Waals surface area contributed by atoms with E-state index in [4.69, 9.17) is 5.10 Å². The standard InChI is InChI=1S/C17H23BrN2O/c1-4-14-17(16(21)6-3)15(5-2)20(19-14)11-12-8-7-9-13(18)10-12/h7-10,16,21H,4-6,11H2,1-3H3. The van der Waals surface area contributed by atoms with E-state index in [0.717, 1.165) is 47.2 Å². The number of halogens is 1. The van der Waals surface area contributed by atoms with Crippen LogP contribution in [0.4, 0.5) is 0 Å². The first-order chi connectivity index (χ1) is 10.1. The second kappa shape index (κ2) is 7.23. The number of benzene rings is 1. The number of aliphatic hydroxyl groups excluding tert-OH is 1. The Kier molecular flexibility index (Phi) is 5.59. The first-order valence-electron chi connectivity index (χ1n) is 7.61. The molecular weight excluding hydrogens is 328 g/mol. The summed E-state index contributed by atoms with van der Waals surface area (Å²) >= 11 is 3.51. The normalized spacial score (nSPS) is 12.6. The van der Waals surface area contributed by atoms with Gasteiger partial charge in [-0.15, -0.1) is 0 Å². The van der Waals surface area contributed by atoms with Crippen molar-refractivity contribution < 1.29 is 5.11 Å². The number of hydrogen-bond acceptors (Lipinski definition) is 2. The molecule has 0 amide bonds. The van der Waals surface area contributed by atoms with Crippen molar-refractivity contribution >= 4 is 15.9 Å². The third-order valence-corrected chi connectivity index (χ3v) is 4.28. The van der Waals surface area contributed by atoms with Crippen LogP contribution in [-0.4, -0.2) is 14.9 Å². The summed E-state index contributed by atoms with van der Waals surface area (Å²) in [5, 5.41) is 15.1. The van der Waals surface area contributed by atoms with Gasteiger partial charge in [-0.1, -0.05) is 48.8 Å². The second-order valence-electron chi connectivity index (χ2n) is 5.23. The van der Waals surface area contributed by atoms with Gasteiger partial charge in [0.2, 0.25) is 0 Å². The first kappa shape index (κ1) is 16.2. The molecule has 3 nitrogen and oxygen atoms in total. The minimum absolute atomic E-state index is 0.411. The van der Waals surface area contributed by atoms with Crippen LogP contribution in [0, 0.1) is 0 Å². The fraction of sp³-hybridized carbons (Fsp3) is 0.471. The van der Waals surface area contributed by atoms with Gasteiger partial charge >= 0.3 is 0 Å². The Morgan fingerprint density at radius 1 is 1.24 bits per heavy atom. The summed E-state index contributed by atoms with van der Waals surface area (Å²) in [5.41, 5.74) is 4.43. The molecular formula is C17H23BrN2O. The SMILES string of the molecule is CCc1nn(Cc2cccc(Br)c2)c(CC)c1C(O)CC. The molecule has 1 aromatic heterocycles. The highest BCUT2D eigenvalue weighted by Gasteiger charge is 2.20. The maximum atomic E-state index is 10.3. The highest BCUT2D eigenvalue weighted by Crippen LogP contribution is 2.26. The number of hydrogen-bond donors (Lipinski definition) is 1. The molecule has 2 aromatic rings. The number of aryl methyl sites for hydroxylation is 1. The van der Waals surface area contributed by atoms with Crippen molar-refractivity contribution in [1.29, 1.82) is 0 Å². The largest absolute Gasteiger partial charge is 0.388 e. The van der Waals surface area contributed by atoms with Crippen molar-refractivity contribution in [2.75, 3.05) is 0 Å². The van der Waals surface area contributed by atoms with Gasteiger partial charge in [0.1, 0.15) is 0 Å². The molecule has 0 saturated heterocycles. The number of aromatic nitrogens is 2. The average molecular weight is 351 g/mol. The minimum atomic E-state index is -0.411. The Morgan fingerprint density at radius 2 is 2.00 bits per heavy atom. The predicted octanol–water partition coefficient (Wildman–Crippen LogP) is 4.26. The highest BCUT2D eigenvalue weighted by molar-refractivity contribution is 9.10. The van der Waals surface area contributed by atoms with Crippen LogP contribution in [0.2, 0.25) is 0 Å². The fourth-order valence-corrected chi connectivity index (χ4v) is 3.17. The van der Waals surface area contributed by atoms with Gasteiger partial charge < -0.3 is 5.11 Å². The average Bonchev–Trinajstić information content (AvgIpc) is 2.83. The second-order valence-corrected chi connectivity index (χ2v) is 6.14. The van der Waals surface area contributed by atoms with Crippen molar-refractivity contribution in [3.05, 3.63) is 51.3 Å². The molecule has 4 heteroatoms. The molecule has 0 aliphatic carbocycles. The predicted molar refractivity (Wildman–Crippen MR) is 89.5 cm³/mol. The molecule has 21 heavy (non-hydrogen) atoms. The van der Waals surface area contributed by atoms with Crippen LogP contribution < -0.4 is 0 Å². The lowest BCUT2D eigenvalue weighted by molar-refractivity contribution is 0.171. The summed E-state index contributed by atoms with van der Waals surface area (Å²) in [5.74, 6) is 0. The Balaban J connectivity index is 2.41. The lowest BCUT2D eigenvalue weighted by Gasteiger charge is -2.12. The first-order valence-corrected chi connectivity index (χ1v) is 8.40. The molecule has 2 rings (SSSR count). The quantitative estimate of drug-likeness (QED) is 0.844. The van der Waals surface area contributed by atoms with E-state index in [-0.39, 0.29) is 0 Å². The molecule has 1 heterocycles. The zero-order valence-electron chi connectivity index (χ0n) is 12.9. The molecule has 0 aliphatic rings. The van der Waals surface area contributed by atoms with Crippen LogP contribution in [0.3, 0.4) is 0 Å². The smallest absolute Gasteiger partial charge is 0.0823 e. The Hall–Kier alpha value is -1.13. The van der Waals surface area contributed by atoms with E-state index in [9.17, 15) is 5.11 Å². The fourth-order valence-electron chi connectivity index (χ4n) is 2.73. The van der Waals surface area contributed by atoms with Crippen molar-refractivity contribution in [3.63, 3.8) is 0 Å². The molecule has 0 aliphatic heterocycles. The van der Waals surface area contributed by atoms with Gasteiger partial charge in [0.05, 0.1) is 18.3 Å². The van der Waals surface area contributed by atoms with Crippen LogP contribution in [0.15, 0.2) is 28.7 Å². The van der Waals surface area contributed by atoms with Crippen LogP contribution >= 0.6 is 15.9 Å². The topological polar surface area (TPSA) is 38.0 Å². The number of rotatable bonds is 6. The molecule has 0 fully saturated rings. The third kappa shape index (κ3) is 3.55. The lowest BCUT2D eigenvalue weighted by Crippen LogP contribution is -2.08. The summed E-state index contributed by atoms with van der Waals surface area (Å²) < 4.78 is 3.13. The van der Waals surface area contributed by atoms with Crippen molar-refractivity contribution in [3.8, 4) is 0 Å². The van der Waals surface area contributed by atoms with Gasteiger partial charge in [-0.3, -0.25) is 4.68 Å². The van der Waals surface area contributed by atoms with E-state index in [1.54, 1.807) is 0 Å². The summed E-state index contributed by atoms with van der Waals surface area (Å²) in [7, 11) is 0. The summed E-state index contributed by atoms with van der Waals surface area (Å²) in [6.45, 7) is 6.97. The molecule has 1 atom stereocenters. The molecule has 114 valence electrons. The summed E-state index contributed by atoms with van der Waals surface area (Å²) in [6.07, 6.45) is 2.05. The Labute approximate surface area is 135 Å². The lowest BCUT2D eigenvalue weighted by atomic mass is 10.0. The monoisotopic (exact) mass is 350 g/mol. The van der Waals surface area contributed by atoms with E-state index in [2.05, 4.69) is 46.6 Å². The molecule has 0 spiro atoms. The van der Waals surface area contributed by atoms with Gasteiger partial charge in [-0.25, -0.2) is 0 Å². The van der Waals surface area contributed by atoms with Gasteiger partial charge in [-0.2, -0.15) is 5.10 Å². The molecule has 0 bridgehead atoms. The number of nitrogens with zero attached hydrogens (tertiary/aromatic N) is 2. The maximum Gasteiger partial charge on any atom is 0.0823 e. The minimum Gasteiger partial charge on any atom is -0.388 e. The van der Waals surface area contributed by atoms with Crippen LogP contribution in [0.5, 0.6) is 0 Å². The van der Waals surface area contributed by atoms with Gasteiger partial charge in [0, 0.05) is 15.7 Å². The molecule has 1 N–H and O–H groups in total. The summed E-state index contributed by atoms with van der Waals surface area (Å²) in [6, 6.07) is 8.28.